The van der Waals surface area contributed by atoms with E-state index in [9.17, 15) is 4.79 Å². The van der Waals surface area contributed by atoms with Gasteiger partial charge in [0.25, 0.3) is 5.91 Å². The average Bonchev–Trinajstić information content (AvgIpc) is 2.28. The third-order valence-electron chi connectivity index (χ3n) is 2.48. The number of amides is 1. The number of hydrogen-bond acceptors (Lipinski definition) is 3. The molecule has 0 saturated carbocycles. The second-order valence-electron chi connectivity index (χ2n) is 4.27. The number of nitrogen functional groups attached to an aromatic ring is 1. The van der Waals surface area contributed by atoms with Crippen LogP contribution in [-0.2, 0) is 0 Å². The van der Waals surface area contributed by atoms with Crippen molar-refractivity contribution in [3.05, 3.63) is 28.2 Å². The largest absolute Gasteiger partial charge is 0.398 e. The summed E-state index contributed by atoms with van der Waals surface area (Å²) in [6.07, 6.45) is 0. The smallest absolute Gasteiger partial charge is 0.253 e. The van der Waals surface area contributed by atoms with Gasteiger partial charge in [0.1, 0.15) is 0 Å². The Labute approximate surface area is 111 Å². The van der Waals surface area contributed by atoms with E-state index in [4.69, 9.17) is 5.73 Å². The van der Waals surface area contributed by atoms with Crippen LogP contribution in [0.25, 0.3) is 0 Å². The van der Waals surface area contributed by atoms with Crippen LogP contribution >= 0.6 is 15.9 Å². The van der Waals surface area contributed by atoms with Crippen LogP contribution in [0.4, 0.5) is 5.69 Å². The Morgan fingerprint density at radius 2 is 1.94 bits per heavy atom. The Balaban J connectivity index is 2.71. The number of nitrogens with zero attached hydrogens (tertiary/aromatic N) is 2. The van der Waals surface area contributed by atoms with Crippen LogP contribution in [0.5, 0.6) is 0 Å². The topological polar surface area (TPSA) is 49.6 Å². The Bertz CT molecular complexity index is 407. The van der Waals surface area contributed by atoms with Crippen molar-refractivity contribution in [1.82, 2.24) is 9.80 Å². The third-order valence-corrected chi connectivity index (χ3v) is 3.16. The van der Waals surface area contributed by atoms with Crippen molar-refractivity contribution in [2.75, 3.05) is 40.0 Å². The van der Waals surface area contributed by atoms with Crippen LogP contribution in [-0.4, -0.2) is 49.9 Å². The minimum atomic E-state index is 0.00699. The number of halogens is 1. The number of carbonyl (C=O) groups is 1. The van der Waals surface area contributed by atoms with Crippen molar-refractivity contribution in [3.63, 3.8) is 0 Å². The molecule has 17 heavy (non-hydrogen) atoms. The van der Waals surface area contributed by atoms with E-state index in [1.165, 1.54) is 0 Å². The van der Waals surface area contributed by atoms with E-state index in [2.05, 4.69) is 15.9 Å². The number of hydrogen-bond donors (Lipinski definition) is 1. The van der Waals surface area contributed by atoms with Gasteiger partial charge in [-0.3, -0.25) is 4.79 Å². The lowest BCUT2D eigenvalue weighted by molar-refractivity contribution is 0.0786. The molecule has 0 bridgehead atoms. The lowest BCUT2D eigenvalue weighted by Crippen LogP contribution is -2.33. The molecule has 94 valence electrons. The van der Waals surface area contributed by atoms with Crippen LogP contribution in [0.2, 0.25) is 0 Å². The van der Waals surface area contributed by atoms with Gasteiger partial charge in [0.15, 0.2) is 0 Å². The minimum absolute atomic E-state index is 0.00699. The van der Waals surface area contributed by atoms with Crippen LogP contribution in [0, 0.1) is 0 Å². The highest BCUT2D eigenvalue weighted by Crippen LogP contribution is 2.21. The van der Waals surface area contributed by atoms with Crippen LogP contribution in [0.3, 0.4) is 0 Å². The highest BCUT2D eigenvalue weighted by atomic mass is 79.9. The predicted molar refractivity (Wildman–Crippen MR) is 74.1 cm³/mol. The Hall–Kier alpha value is -1.07. The summed E-state index contributed by atoms with van der Waals surface area (Å²) in [6, 6.07) is 5.23. The SMILES string of the molecule is CN(C)CCN(C)C(=O)c1ccc(N)c(Br)c1. The summed E-state index contributed by atoms with van der Waals surface area (Å²) < 4.78 is 0.754. The second kappa shape index (κ2) is 6.02. The highest BCUT2D eigenvalue weighted by Gasteiger charge is 2.12. The molecule has 0 aromatic heterocycles. The number of nitrogens with two attached hydrogens (primary N) is 1. The number of likely N-dealkylation sites (N-methyl/N-ethyl adjacent to an activating group) is 2. The van der Waals surface area contributed by atoms with Gasteiger partial charge in [-0.1, -0.05) is 0 Å². The molecular weight excluding hydrogens is 282 g/mol. The van der Waals surface area contributed by atoms with Crippen molar-refractivity contribution in [2.45, 2.75) is 0 Å². The van der Waals surface area contributed by atoms with Crippen LogP contribution in [0.1, 0.15) is 10.4 Å². The molecule has 0 atom stereocenters. The molecule has 1 rings (SSSR count). The fourth-order valence-electron chi connectivity index (χ4n) is 1.33. The Kier molecular flexibility index (Phi) is 4.96. The van der Waals surface area contributed by atoms with Crippen molar-refractivity contribution in [3.8, 4) is 0 Å². The van der Waals surface area contributed by atoms with Gasteiger partial charge in [-0.25, -0.2) is 0 Å². The van der Waals surface area contributed by atoms with E-state index < -0.39 is 0 Å². The molecule has 0 unspecified atom stereocenters. The first-order chi connectivity index (χ1) is 7.91. The molecule has 1 aromatic rings. The lowest BCUT2D eigenvalue weighted by atomic mass is 10.2. The fourth-order valence-corrected chi connectivity index (χ4v) is 1.71. The summed E-state index contributed by atoms with van der Waals surface area (Å²) in [5.41, 5.74) is 6.97. The first-order valence-corrected chi connectivity index (χ1v) is 6.16. The summed E-state index contributed by atoms with van der Waals surface area (Å²) in [5, 5.41) is 0. The molecule has 1 aromatic carbocycles. The quantitative estimate of drug-likeness (QED) is 0.861. The van der Waals surface area contributed by atoms with Gasteiger partial charge in [-0.2, -0.15) is 0 Å². The number of carbonyl (C=O) groups excluding carboxylic acids is 1. The number of anilines is 1. The third kappa shape index (κ3) is 4.02. The van der Waals surface area contributed by atoms with Crippen LogP contribution in [0.15, 0.2) is 22.7 Å². The summed E-state index contributed by atoms with van der Waals surface area (Å²) in [4.78, 5) is 15.8. The molecule has 0 heterocycles. The highest BCUT2D eigenvalue weighted by molar-refractivity contribution is 9.10. The van der Waals surface area contributed by atoms with Gasteiger partial charge < -0.3 is 15.5 Å². The maximum Gasteiger partial charge on any atom is 0.253 e. The van der Waals surface area contributed by atoms with Gasteiger partial charge in [0, 0.05) is 35.9 Å². The van der Waals surface area contributed by atoms with Crippen molar-refractivity contribution in [2.24, 2.45) is 0 Å². The molecule has 0 fully saturated rings. The summed E-state index contributed by atoms with van der Waals surface area (Å²) in [7, 11) is 5.77. The zero-order valence-electron chi connectivity index (χ0n) is 10.4. The summed E-state index contributed by atoms with van der Waals surface area (Å²) in [6.45, 7) is 1.55. The van der Waals surface area contributed by atoms with E-state index in [-0.39, 0.29) is 5.91 Å². The molecule has 0 aliphatic rings. The van der Waals surface area contributed by atoms with Gasteiger partial charge in [-0.05, 0) is 48.2 Å². The number of rotatable bonds is 4. The first kappa shape index (κ1) is 14.0. The molecule has 0 radical (unpaired) electrons. The molecule has 0 spiro atoms. The zero-order chi connectivity index (χ0) is 13.0. The minimum Gasteiger partial charge on any atom is -0.398 e. The molecule has 2 N–H and O–H groups in total. The van der Waals surface area contributed by atoms with Gasteiger partial charge in [0.2, 0.25) is 0 Å². The monoisotopic (exact) mass is 299 g/mol. The Morgan fingerprint density at radius 3 is 2.47 bits per heavy atom. The van der Waals surface area contributed by atoms with E-state index in [1.54, 1.807) is 30.1 Å². The molecule has 0 aliphatic heterocycles. The molecule has 1 amide bonds. The van der Waals surface area contributed by atoms with E-state index in [1.807, 2.05) is 19.0 Å². The fraction of sp³-hybridized carbons (Fsp3) is 0.417. The predicted octanol–water partition coefficient (Wildman–Crippen LogP) is 1.66. The first-order valence-electron chi connectivity index (χ1n) is 5.37. The van der Waals surface area contributed by atoms with Crippen LogP contribution < -0.4 is 5.73 Å². The normalized spacial score (nSPS) is 10.6. The summed E-state index contributed by atoms with van der Waals surface area (Å²) >= 11 is 3.32. The number of benzene rings is 1. The lowest BCUT2D eigenvalue weighted by Gasteiger charge is -2.19. The van der Waals surface area contributed by atoms with E-state index in [0.717, 1.165) is 11.0 Å². The molecular formula is C12H18BrN3O. The zero-order valence-corrected chi connectivity index (χ0v) is 12.0. The maximum atomic E-state index is 12.1. The molecule has 5 heteroatoms. The van der Waals surface area contributed by atoms with Crippen molar-refractivity contribution < 1.29 is 4.79 Å². The Morgan fingerprint density at radius 1 is 1.29 bits per heavy atom. The van der Waals surface area contributed by atoms with Gasteiger partial charge >= 0.3 is 0 Å². The van der Waals surface area contributed by atoms with Gasteiger partial charge in [0.05, 0.1) is 0 Å². The van der Waals surface area contributed by atoms with Crippen molar-refractivity contribution >= 4 is 27.5 Å². The molecule has 0 saturated heterocycles. The molecule has 4 nitrogen and oxygen atoms in total. The van der Waals surface area contributed by atoms with E-state index in [0.29, 0.717) is 17.8 Å². The van der Waals surface area contributed by atoms with E-state index >= 15 is 0 Å². The summed E-state index contributed by atoms with van der Waals surface area (Å²) in [5.74, 6) is 0.00699. The molecule has 0 aliphatic carbocycles. The maximum absolute atomic E-state index is 12.1. The standard InChI is InChI=1S/C12H18BrN3O/c1-15(2)6-7-16(3)12(17)9-4-5-11(14)10(13)8-9/h4-5,8H,6-7,14H2,1-3H3. The van der Waals surface area contributed by atoms with Gasteiger partial charge in [-0.15, -0.1) is 0 Å². The second-order valence-corrected chi connectivity index (χ2v) is 5.12. The van der Waals surface area contributed by atoms with Crippen molar-refractivity contribution in [1.29, 1.82) is 0 Å². The average molecular weight is 300 g/mol.